The monoisotopic (exact) mass is 396 g/mol. The number of aromatic nitrogens is 2. The number of benzene rings is 2. The molecular formula is C23H16N4O3. The molecule has 0 atom stereocenters. The fourth-order valence-corrected chi connectivity index (χ4v) is 3.12. The van der Waals surface area contributed by atoms with E-state index in [0.29, 0.717) is 45.3 Å². The Kier molecular flexibility index (Phi) is 4.46. The van der Waals surface area contributed by atoms with Gasteiger partial charge < -0.3 is 19.5 Å². The van der Waals surface area contributed by atoms with Gasteiger partial charge in [0, 0.05) is 11.4 Å². The summed E-state index contributed by atoms with van der Waals surface area (Å²) < 4.78 is 11.1. The maximum Gasteiger partial charge on any atom is 0.323 e. The van der Waals surface area contributed by atoms with Crippen molar-refractivity contribution in [1.29, 1.82) is 0 Å². The van der Waals surface area contributed by atoms with Crippen molar-refractivity contribution in [1.82, 2.24) is 9.97 Å². The maximum absolute atomic E-state index is 12.3. The van der Waals surface area contributed by atoms with Crippen LogP contribution >= 0.6 is 0 Å². The molecule has 0 spiro atoms. The molecule has 2 aromatic carbocycles. The number of fused-ring (bicyclic) bond motifs is 1. The summed E-state index contributed by atoms with van der Waals surface area (Å²) in [6.07, 6.45) is 3.17. The molecule has 7 heteroatoms. The Morgan fingerprint density at radius 2 is 1.30 bits per heavy atom. The molecule has 0 radical (unpaired) electrons. The van der Waals surface area contributed by atoms with Gasteiger partial charge in [-0.15, -0.1) is 0 Å². The molecule has 7 nitrogen and oxygen atoms in total. The molecule has 2 amide bonds. The Morgan fingerprint density at radius 3 is 1.93 bits per heavy atom. The largest absolute Gasteiger partial charge is 0.463 e. The first-order valence-electron chi connectivity index (χ1n) is 9.29. The summed E-state index contributed by atoms with van der Waals surface area (Å²) in [5.74, 6) is 1.18. The van der Waals surface area contributed by atoms with Crippen LogP contribution in [0.4, 0.5) is 16.2 Å². The van der Waals surface area contributed by atoms with Crippen LogP contribution in [-0.2, 0) is 0 Å². The minimum Gasteiger partial charge on any atom is -0.463 e. The Morgan fingerprint density at radius 1 is 0.667 bits per heavy atom. The van der Waals surface area contributed by atoms with Gasteiger partial charge in [-0.2, -0.15) is 0 Å². The normalized spacial score (nSPS) is 10.8. The highest BCUT2D eigenvalue weighted by Crippen LogP contribution is 2.32. The van der Waals surface area contributed by atoms with Gasteiger partial charge in [-0.1, -0.05) is 18.2 Å². The van der Waals surface area contributed by atoms with Crippen LogP contribution in [0.5, 0.6) is 0 Å². The number of anilines is 2. The zero-order valence-electron chi connectivity index (χ0n) is 15.7. The molecule has 0 bridgehead atoms. The van der Waals surface area contributed by atoms with Gasteiger partial charge in [-0.05, 0) is 54.6 Å². The summed E-state index contributed by atoms with van der Waals surface area (Å²) in [7, 11) is 0. The Hall–Kier alpha value is -4.39. The number of carbonyl (C=O) groups is 1. The average molecular weight is 396 g/mol. The number of hydrogen-bond acceptors (Lipinski definition) is 5. The molecule has 0 aliphatic carbocycles. The van der Waals surface area contributed by atoms with E-state index in [1.165, 1.54) is 0 Å². The zero-order valence-corrected chi connectivity index (χ0v) is 15.7. The van der Waals surface area contributed by atoms with Crippen LogP contribution in [-0.4, -0.2) is 16.0 Å². The van der Waals surface area contributed by atoms with E-state index < -0.39 is 0 Å². The second-order valence-electron chi connectivity index (χ2n) is 6.52. The van der Waals surface area contributed by atoms with Crippen molar-refractivity contribution in [2.75, 3.05) is 10.6 Å². The Labute approximate surface area is 171 Å². The number of amides is 2. The van der Waals surface area contributed by atoms with E-state index in [4.69, 9.17) is 18.8 Å². The van der Waals surface area contributed by atoms with E-state index >= 15 is 0 Å². The number of nitrogens with one attached hydrogen (secondary N) is 2. The third-order valence-corrected chi connectivity index (χ3v) is 4.46. The maximum atomic E-state index is 12.3. The van der Waals surface area contributed by atoms with E-state index in [1.807, 2.05) is 42.5 Å². The molecule has 0 fully saturated rings. The average Bonchev–Trinajstić information content (AvgIpc) is 3.48. The van der Waals surface area contributed by atoms with Crippen molar-refractivity contribution in [3.8, 4) is 22.9 Å². The van der Waals surface area contributed by atoms with Crippen LogP contribution in [0.3, 0.4) is 0 Å². The molecule has 30 heavy (non-hydrogen) atoms. The number of furan rings is 2. The zero-order chi connectivity index (χ0) is 20.3. The van der Waals surface area contributed by atoms with Gasteiger partial charge >= 0.3 is 6.03 Å². The standard InChI is InChI=1S/C23H16N4O3/c28-23(24-15-6-2-1-3-7-15)25-16-10-11-17-18(14-16)27-22(20-9-5-13-30-20)21(26-17)19-8-4-12-29-19/h1-14H,(H2,24,25,28). The summed E-state index contributed by atoms with van der Waals surface area (Å²) in [5, 5.41) is 5.61. The van der Waals surface area contributed by atoms with Crippen LogP contribution < -0.4 is 10.6 Å². The summed E-state index contributed by atoms with van der Waals surface area (Å²) in [4.78, 5) is 21.8. The van der Waals surface area contributed by atoms with Crippen LogP contribution in [0.25, 0.3) is 33.9 Å². The number of nitrogens with zero attached hydrogens (tertiary/aromatic N) is 2. The molecule has 2 N–H and O–H groups in total. The Balaban J connectivity index is 1.50. The van der Waals surface area contributed by atoms with E-state index in [0.717, 1.165) is 0 Å². The molecule has 0 aliphatic heterocycles. The SMILES string of the molecule is O=C(Nc1ccccc1)Nc1ccc2nc(-c3ccco3)c(-c3ccco3)nc2c1. The van der Waals surface area contributed by atoms with Crippen molar-refractivity contribution in [3.63, 3.8) is 0 Å². The van der Waals surface area contributed by atoms with Crippen molar-refractivity contribution in [2.24, 2.45) is 0 Å². The highest BCUT2D eigenvalue weighted by molar-refractivity contribution is 6.00. The molecule has 5 rings (SSSR count). The first-order chi connectivity index (χ1) is 14.8. The lowest BCUT2D eigenvalue weighted by Gasteiger charge is -2.10. The number of carbonyl (C=O) groups excluding carboxylic acids is 1. The predicted molar refractivity (Wildman–Crippen MR) is 114 cm³/mol. The first-order valence-corrected chi connectivity index (χ1v) is 9.29. The number of para-hydroxylation sites is 1. The molecule has 0 unspecified atom stereocenters. The van der Waals surface area contributed by atoms with E-state index in [9.17, 15) is 4.79 Å². The second-order valence-corrected chi connectivity index (χ2v) is 6.52. The molecule has 0 saturated heterocycles. The third kappa shape index (κ3) is 3.51. The van der Waals surface area contributed by atoms with E-state index in [-0.39, 0.29) is 6.03 Å². The fourth-order valence-electron chi connectivity index (χ4n) is 3.12. The lowest BCUT2D eigenvalue weighted by Crippen LogP contribution is -2.19. The van der Waals surface area contributed by atoms with Gasteiger partial charge in [0.15, 0.2) is 11.5 Å². The van der Waals surface area contributed by atoms with Crippen LogP contribution in [0, 0.1) is 0 Å². The first kappa shape index (κ1) is 17.7. The van der Waals surface area contributed by atoms with Gasteiger partial charge in [-0.3, -0.25) is 0 Å². The number of hydrogen-bond donors (Lipinski definition) is 2. The lowest BCUT2D eigenvalue weighted by atomic mass is 10.1. The van der Waals surface area contributed by atoms with Crippen LogP contribution in [0.2, 0.25) is 0 Å². The quantitative estimate of drug-likeness (QED) is 0.401. The molecule has 3 aromatic heterocycles. The highest BCUT2D eigenvalue weighted by Gasteiger charge is 2.17. The number of rotatable bonds is 4. The topological polar surface area (TPSA) is 93.2 Å². The molecule has 146 valence electrons. The summed E-state index contributed by atoms with van der Waals surface area (Å²) in [5.41, 5.74) is 3.75. The van der Waals surface area contributed by atoms with Gasteiger partial charge in [0.1, 0.15) is 11.4 Å². The minimum absolute atomic E-state index is 0.341. The molecule has 3 heterocycles. The van der Waals surface area contributed by atoms with Crippen molar-refractivity contribution in [3.05, 3.63) is 85.3 Å². The van der Waals surface area contributed by atoms with Crippen LogP contribution in [0.15, 0.2) is 94.2 Å². The molecule has 0 aliphatic rings. The van der Waals surface area contributed by atoms with E-state index in [1.54, 1.807) is 42.9 Å². The van der Waals surface area contributed by atoms with Gasteiger partial charge in [0.05, 0.1) is 23.6 Å². The molecular weight excluding hydrogens is 380 g/mol. The summed E-state index contributed by atoms with van der Waals surface area (Å²) >= 11 is 0. The predicted octanol–water partition coefficient (Wildman–Crippen LogP) is 5.79. The fraction of sp³-hybridized carbons (Fsp3) is 0. The minimum atomic E-state index is -0.341. The second kappa shape index (κ2) is 7.56. The highest BCUT2D eigenvalue weighted by atomic mass is 16.3. The van der Waals surface area contributed by atoms with Crippen molar-refractivity contribution in [2.45, 2.75) is 0 Å². The van der Waals surface area contributed by atoms with Gasteiger partial charge in [0.2, 0.25) is 0 Å². The van der Waals surface area contributed by atoms with Crippen molar-refractivity contribution < 1.29 is 13.6 Å². The third-order valence-electron chi connectivity index (χ3n) is 4.46. The van der Waals surface area contributed by atoms with Crippen molar-refractivity contribution >= 4 is 28.4 Å². The molecule has 0 saturated carbocycles. The molecule has 5 aromatic rings. The summed E-state index contributed by atoms with van der Waals surface area (Å²) in [6, 6.07) is 21.5. The smallest absolute Gasteiger partial charge is 0.323 e. The van der Waals surface area contributed by atoms with Gasteiger partial charge in [-0.25, -0.2) is 14.8 Å². The number of urea groups is 1. The lowest BCUT2D eigenvalue weighted by molar-refractivity contribution is 0.262. The van der Waals surface area contributed by atoms with Crippen LogP contribution in [0.1, 0.15) is 0 Å². The van der Waals surface area contributed by atoms with Gasteiger partial charge in [0.25, 0.3) is 0 Å². The summed E-state index contributed by atoms with van der Waals surface area (Å²) in [6.45, 7) is 0. The van der Waals surface area contributed by atoms with E-state index in [2.05, 4.69) is 10.6 Å². The Bertz CT molecular complexity index is 1300.